The van der Waals surface area contributed by atoms with Crippen molar-refractivity contribution < 1.29 is 13.6 Å². The number of nitrogens with one attached hydrogen (secondary N) is 2. The molecule has 5 heteroatoms. The Kier molecular flexibility index (Phi) is 5.51. The summed E-state index contributed by atoms with van der Waals surface area (Å²) in [5.41, 5.74) is -0.487. The van der Waals surface area contributed by atoms with Gasteiger partial charge in [-0.15, -0.1) is 0 Å². The number of hydrogen-bond acceptors (Lipinski definition) is 2. The second-order valence-corrected chi connectivity index (χ2v) is 6.26. The number of rotatable bonds is 6. The van der Waals surface area contributed by atoms with Crippen LogP contribution in [0.3, 0.4) is 0 Å². The van der Waals surface area contributed by atoms with Crippen molar-refractivity contribution in [3.05, 3.63) is 35.4 Å². The van der Waals surface area contributed by atoms with Gasteiger partial charge in [-0.3, -0.25) is 4.79 Å². The number of hydrogen-bond donors (Lipinski definition) is 2. The molecule has 1 aliphatic carbocycles. The minimum Gasteiger partial charge on any atom is -0.355 e. The Bertz CT molecular complexity index is 507. The first-order valence-corrected chi connectivity index (χ1v) is 7.87. The highest BCUT2D eigenvalue weighted by atomic mass is 19.1. The minimum atomic E-state index is -0.621. The molecule has 0 bridgehead atoms. The van der Waals surface area contributed by atoms with E-state index in [1.165, 1.54) is 18.2 Å². The molecule has 0 spiro atoms. The van der Waals surface area contributed by atoms with Crippen molar-refractivity contribution in [3.63, 3.8) is 0 Å². The molecule has 0 radical (unpaired) electrons. The fraction of sp³-hybridized carbons (Fsp3) is 0.588. The molecular formula is C17H24F2N2O. The van der Waals surface area contributed by atoms with Crippen LogP contribution in [0, 0.1) is 17.6 Å². The van der Waals surface area contributed by atoms with Crippen LogP contribution in [0.1, 0.15) is 38.2 Å². The third-order valence-electron chi connectivity index (χ3n) is 4.61. The standard InChI is InChI=1S/C17H24F2N2O/c1-12(10-20-2)16(22)21-11-17(8-3-4-9-17)15-13(18)6-5-7-14(15)19/h5-7,12,20H,3-4,8-11H2,1-2H3,(H,21,22). The van der Waals surface area contributed by atoms with Gasteiger partial charge in [0.25, 0.3) is 0 Å². The van der Waals surface area contributed by atoms with Crippen molar-refractivity contribution >= 4 is 5.91 Å². The molecule has 1 aliphatic rings. The van der Waals surface area contributed by atoms with Crippen molar-refractivity contribution in [2.24, 2.45) is 5.92 Å². The molecule has 2 N–H and O–H groups in total. The van der Waals surface area contributed by atoms with E-state index in [4.69, 9.17) is 0 Å². The van der Waals surface area contributed by atoms with Gasteiger partial charge in [-0.05, 0) is 32.0 Å². The highest BCUT2D eigenvalue weighted by molar-refractivity contribution is 5.78. The fourth-order valence-corrected chi connectivity index (χ4v) is 3.40. The maximum absolute atomic E-state index is 14.2. The average Bonchev–Trinajstić information content (AvgIpc) is 2.94. The van der Waals surface area contributed by atoms with E-state index in [-0.39, 0.29) is 23.9 Å². The van der Waals surface area contributed by atoms with E-state index in [0.717, 1.165) is 12.8 Å². The van der Waals surface area contributed by atoms with Crippen LogP contribution in [-0.4, -0.2) is 26.0 Å². The first kappa shape index (κ1) is 16.9. The third kappa shape index (κ3) is 3.46. The zero-order chi connectivity index (χ0) is 16.2. The quantitative estimate of drug-likeness (QED) is 0.848. The number of amides is 1. The molecule has 1 aromatic rings. The van der Waals surface area contributed by atoms with Crippen LogP contribution in [0.4, 0.5) is 8.78 Å². The molecule has 0 aromatic heterocycles. The number of halogens is 2. The Morgan fingerprint density at radius 1 is 1.27 bits per heavy atom. The smallest absolute Gasteiger partial charge is 0.224 e. The summed E-state index contributed by atoms with van der Waals surface area (Å²) < 4.78 is 28.4. The first-order chi connectivity index (χ1) is 10.5. The molecule has 1 amide bonds. The normalized spacial score (nSPS) is 18.2. The van der Waals surface area contributed by atoms with Gasteiger partial charge in [-0.1, -0.05) is 25.8 Å². The molecule has 1 atom stereocenters. The maximum Gasteiger partial charge on any atom is 0.224 e. The summed E-state index contributed by atoms with van der Waals surface area (Å²) in [5.74, 6) is -1.29. The van der Waals surface area contributed by atoms with Crippen LogP contribution >= 0.6 is 0 Å². The Balaban J connectivity index is 2.18. The van der Waals surface area contributed by atoms with Crippen molar-refractivity contribution in [2.75, 3.05) is 20.1 Å². The molecule has 2 rings (SSSR count). The van der Waals surface area contributed by atoms with E-state index < -0.39 is 17.0 Å². The van der Waals surface area contributed by atoms with Crippen LogP contribution in [-0.2, 0) is 10.2 Å². The van der Waals surface area contributed by atoms with Crippen molar-refractivity contribution in [3.8, 4) is 0 Å². The van der Waals surface area contributed by atoms with Crippen molar-refractivity contribution in [1.29, 1.82) is 0 Å². The topological polar surface area (TPSA) is 41.1 Å². The molecule has 1 saturated carbocycles. The molecule has 1 unspecified atom stereocenters. The first-order valence-electron chi connectivity index (χ1n) is 7.87. The molecule has 0 saturated heterocycles. The number of benzene rings is 1. The predicted octanol–water partition coefficient (Wildman–Crippen LogP) is 2.75. The Morgan fingerprint density at radius 2 is 1.86 bits per heavy atom. The van der Waals surface area contributed by atoms with Gasteiger partial charge in [0.2, 0.25) is 5.91 Å². The number of carbonyl (C=O) groups excluding carboxylic acids is 1. The van der Waals surface area contributed by atoms with Crippen molar-refractivity contribution in [2.45, 2.75) is 38.0 Å². The van der Waals surface area contributed by atoms with Crippen LogP contribution in [0.25, 0.3) is 0 Å². The largest absolute Gasteiger partial charge is 0.355 e. The summed E-state index contributed by atoms with van der Waals surface area (Å²) in [5, 5.41) is 5.85. The molecule has 122 valence electrons. The third-order valence-corrected chi connectivity index (χ3v) is 4.61. The van der Waals surface area contributed by atoms with Gasteiger partial charge in [0.1, 0.15) is 11.6 Å². The molecule has 22 heavy (non-hydrogen) atoms. The van der Waals surface area contributed by atoms with Gasteiger partial charge in [0.15, 0.2) is 0 Å². The molecule has 1 aromatic carbocycles. The van der Waals surface area contributed by atoms with E-state index in [0.29, 0.717) is 19.4 Å². The van der Waals surface area contributed by atoms with E-state index in [2.05, 4.69) is 10.6 Å². The van der Waals surface area contributed by atoms with Gasteiger partial charge in [-0.25, -0.2) is 8.78 Å². The summed E-state index contributed by atoms with van der Waals surface area (Å²) in [4.78, 5) is 12.1. The highest BCUT2D eigenvalue weighted by Gasteiger charge is 2.40. The lowest BCUT2D eigenvalue weighted by atomic mass is 9.78. The lowest BCUT2D eigenvalue weighted by Gasteiger charge is -2.31. The summed E-state index contributed by atoms with van der Waals surface area (Å²) in [6, 6.07) is 3.97. The molecule has 3 nitrogen and oxygen atoms in total. The van der Waals surface area contributed by atoms with E-state index in [1.807, 2.05) is 6.92 Å². The zero-order valence-corrected chi connectivity index (χ0v) is 13.2. The average molecular weight is 310 g/mol. The highest BCUT2D eigenvalue weighted by Crippen LogP contribution is 2.42. The number of carbonyl (C=O) groups is 1. The summed E-state index contributed by atoms with van der Waals surface area (Å²) in [7, 11) is 1.79. The van der Waals surface area contributed by atoms with Crippen LogP contribution in [0.15, 0.2) is 18.2 Å². The summed E-state index contributed by atoms with van der Waals surface area (Å²) >= 11 is 0. The van der Waals surface area contributed by atoms with Gasteiger partial charge in [0, 0.05) is 30.0 Å². The molecule has 0 heterocycles. The van der Waals surface area contributed by atoms with Crippen molar-refractivity contribution in [1.82, 2.24) is 10.6 Å². The van der Waals surface area contributed by atoms with Gasteiger partial charge in [0.05, 0.1) is 0 Å². The van der Waals surface area contributed by atoms with Gasteiger partial charge in [-0.2, -0.15) is 0 Å². The van der Waals surface area contributed by atoms with E-state index >= 15 is 0 Å². The van der Waals surface area contributed by atoms with E-state index in [1.54, 1.807) is 7.05 Å². The summed E-state index contributed by atoms with van der Waals surface area (Å²) in [6.07, 6.45) is 3.25. The molecule has 1 fully saturated rings. The monoisotopic (exact) mass is 310 g/mol. The minimum absolute atomic E-state index is 0.0858. The maximum atomic E-state index is 14.2. The second kappa shape index (κ2) is 7.18. The lowest BCUT2D eigenvalue weighted by molar-refractivity contribution is -0.124. The van der Waals surface area contributed by atoms with Crippen LogP contribution in [0.5, 0.6) is 0 Å². The van der Waals surface area contributed by atoms with Gasteiger partial charge < -0.3 is 10.6 Å². The summed E-state index contributed by atoms with van der Waals surface area (Å²) in [6.45, 7) is 2.70. The Hall–Kier alpha value is -1.49. The Morgan fingerprint density at radius 3 is 2.41 bits per heavy atom. The predicted molar refractivity (Wildman–Crippen MR) is 82.6 cm³/mol. The lowest BCUT2D eigenvalue weighted by Crippen LogP contribution is -2.43. The van der Waals surface area contributed by atoms with Crippen LogP contribution in [0.2, 0.25) is 0 Å². The zero-order valence-electron chi connectivity index (χ0n) is 13.2. The second-order valence-electron chi connectivity index (χ2n) is 6.26. The fourth-order valence-electron chi connectivity index (χ4n) is 3.40. The molecule has 0 aliphatic heterocycles. The Labute approximate surface area is 130 Å². The van der Waals surface area contributed by atoms with E-state index in [9.17, 15) is 13.6 Å². The van der Waals surface area contributed by atoms with Gasteiger partial charge >= 0.3 is 0 Å². The SMILES string of the molecule is CNCC(C)C(=O)NCC1(c2c(F)cccc2F)CCCC1. The molecular weight excluding hydrogens is 286 g/mol. The van der Waals surface area contributed by atoms with Crippen LogP contribution < -0.4 is 10.6 Å².